The number of anilines is 1. The molecule has 0 unspecified atom stereocenters. The second-order valence-corrected chi connectivity index (χ2v) is 6.82. The first kappa shape index (κ1) is 20.2. The molecule has 0 heterocycles. The number of rotatable bonds is 7. The summed E-state index contributed by atoms with van der Waals surface area (Å²) in [7, 11) is -0.967. The van der Waals surface area contributed by atoms with Crippen molar-refractivity contribution in [2.24, 2.45) is 5.14 Å². The standard InChI is InChI=1S/C17H18N2O7S/c1-24-12-5-8-15(25-2)14(9-12)17(21)26-10-16(20)19-11-3-6-13(7-4-11)27(18,22)23/h3-9H,10H2,1-2H3,(H,19,20)(H2,18,22,23). The van der Waals surface area contributed by atoms with Gasteiger partial charge >= 0.3 is 5.97 Å². The molecule has 0 radical (unpaired) electrons. The Morgan fingerprint density at radius 3 is 2.26 bits per heavy atom. The summed E-state index contributed by atoms with van der Waals surface area (Å²) in [6.45, 7) is -0.545. The van der Waals surface area contributed by atoms with Gasteiger partial charge in [0.1, 0.15) is 17.1 Å². The number of carbonyl (C=O) groups excluding carboxylic acids is 2. The van der Waals surface area contributed by atoms with Crippen molar-refractivity contribution in [3.8, 4) is 11.5 Å². The molecule has 0 spiro atoms. The van der Waals surface area contributed by atoms with E-state index in [9.17, 15) is 18.0 Å². The molecular weight excluding hydrogens is 376 g/mol. The van der Waals surface area contributed by atoms with Crippen LogP contribution in [0.4, 0.5) is 5.69 Å². The van der Waals surface area contributed by atoms with Crippen molar-refractivity contribution in [3.63, 3.8) is 0 Å². The molecule has 144 valence electrons. The van der Waals surface area contributed by atoms with E-state index in [1.807, 2.05) is 0 Å². The van der Waals surface area contributed by atoms with Crippen LogP contribution in [0.25, 0.3) is 0 Å². The molecule has 2 aromatic rings. The molecule has 0 atom stereocenters. The minimum absolute atomic E-state index is 0.0861. The van der Waals surface area contributed by atoms with Gasteiger partial charge in [-0.3, -0.25) is 4.79 Å². The van der Waals surface area contributed by atoms with Crippen LogP contribution in [0.15, 0.2) is 47.4 Å². The minimum Gasteiger partial charge on any atom is -0.497 e. The molecule has 9 nitrogen and oxygen atoms in total. The monoisotopic (exact) mass is 394 g/mol. The van der Waals surface area contributed by atoms with E-state index >= 15 is 0 Å². The zero-order valence-electron chi connectivity index (χ0n) is 14.6. The maximum Gasteiger partial charge on any atom is 0.342 e. The van der Waals surface area contributed by atoms with Crippen molar-refractivity contribution < 1.29 is 32.2 Å². The lowest BCUT2D eigenvalue weighted by atomic mass is 10.2. The highest BCUT2D eigenvalue weighted by atomic mass is 32.2. The van der Waals surface area contributed by atoms with Gasteiger partial charge < -0.3 is 19.5 Å². The number of amides is 1. The maximum atomic E-state index is 12.2. The topological polar surface area (TPSA) is 134 Å². The van der Waals surface area contributed by atoms with Gasteiger partial charge in [0.15, 0.2) is 6.61 Å². The largest absolute Gasteiger partial charge is 0.497 e. The van der Waals surface area contributed by atoms with E-state index in [0.717, 1.165) is 0 Å². The van der Waals surface area contributed by atoms with E-state index in [1.54, 1.807) is 12.1 Å². The first-order valence-corrected chi connectivity index (χ1v) is 9.11. The van der Waals surface area contributed by atoms with E-state index < -0.39 is 28.5 Å². The first-order chi connectivity index (χ1) is 12.7. The van der Waals surface area contributed by atoms with Gasteiger partial charge in [0.25, 0.3) is 5.91 Å². The SMILES string of the molecule is COc1ccc(OC)c(C(=O)OCC(=O)Nc2ccc(S(N)(=O)=O)cc2)c1. The highest BCUT2D eigenvalue weighted by Crippen LogP contribution is 2.24. The van der Waals surface area contributed by atoms with E-state index in [4.69, 9.17) is 19.3 Å². The third kappa shape index (κ3) is 5.43. The number of nitrogens with one attached hydrogen (secondary N) is 1. The third-order valence-corrected chi connectivity index (χ3v) is 4.36. The number of benzene rings is 2. The molecule has 2 aromatic carbocycles. The summed E-state index contributed by atoms with van der Waals surface area (Å²) < 4.78 is 37.5. The van der Waals surface area contributed by atoms with Crippen LogP contribution in [0.5, 0.6) is 11.5 Å². The molecule has 0 aliphatic rings. The Bertz CT molecular complexity index is 940. The number of nitrogens with two attached hydrogens (primary N) is 1. The molecule has 0 aromatic heterocycles. The van der Waals surface area contributed by atoms with Crippen LogP contribution in [0, 0.1) is 0 Å². The maximum absolute atomic E-state index is 12.2. The molecule has 0 bridgehead atoms. The van der Waals surface area contributed by atoms with E-state index in [-0.39, 0.29) is 16.2 Å². The number of sulfonamides is 1. The van der Waals surface area contributed by atoms with Crippen LogP contribution in [-0.2, 0) is 19.6 Å². The summed E-state index contributed by atoms with van der Waals surface area (Å²) in [5.74, 6) is -0.652. The molecular formula is C17H18N2O7S. The Morgan fingerprint density at radius 2 is 1.70 bits per heavy atom. The third-order valence-electron chi connectivity index (χ3n) is 3.43. The molecule has 2 rings (SSSR count). The van der Waals surface area contributed by atoms with E-state index in [0.29, 0.717) is 11.4 Å². The van der Waals surface area contributed by atoms with Gasteiger partial charge in [-0.1, -0.05) is 0 Å². The van der Waals surface area contributed by atoms with Crippen LogP contribution in [0.2, 0.25) is 0 Å². The normalized spacial score (nSPS) is 10.8. The van der Waals surface area contributed by atoms with Crippen LogP contribution in [0.1, 0.15) is 10.4 Å². The average molecular weight is 394 g/mol. The fourth-order valence-electron chi connectivity index (χ4n) is 2.11. The Balaban J connectivity index is 1.98. The summed E-state index contributed by atoms with van der Waals surface area (Å²) in [6.07, 6.45) is 0. The van der Waals surface area contributed by atoms with Crippen molar-refractivity contribution in [1.29, 1.82) is 0 Å². The lowest BCUT2D eigenvalue weighted by molar-refractivity contribution is -0.119. The first-order valence-electron chi connectivity index (χ1n) is 7.56. The van der Waals surface area contributed by atoms with Crippen molar-refractivity contribution in [2.45, 2.75) is 4.90 Å². The molecule has 1 amide bonds. The Labute approximate surface area is 156 Å². The van der Waals surface area contributed by atoms with Crippen molar-refractivity contribution in [2.75, 3.05) is 26.1 Å². The highest BCUT2D eigenvalue weighted by Gasteiger charge is 2.17. The zero-order valence-corrected chi connectivity index (χ0v) is 15.4. The van der Waals surface area contributed by atoms with Crippen molar-refractivity contribution >= 4 is 27.6 Å². The highest BCUT2D eigenvalue weighted by molar-refractivity contribution is 7.89. The quantitative estimate of drug-likeness (QED) is 0.673. The van der Waals surface area contributed by atoms with Gasteiger partial charge in [0, 0.05) is 5.69 Å². The summed E-state index contributed by atoms with van der Waals surface area (Å²) >= 11 is 0. The molecule has 0 fully saturated rings. The molecule has 27 heavy (non-hydrogen) atoms. The van der Waals surface area contributed by atoms with E-state index in [1.165, 1.54) is 44.6 Å². The number of hydrogen-bond donors (Lipinski definition) is 2. The molecule has 0 aliphatic carbocycles. The number of hydrogen-bond acceptors (Lipinski definition) is 7. The molecule has 0 saturated carbocycles. The average Bonchev–Trinajstić information content (AvgIpc) is 2.65. The predicted molar refractivity (Wildman–Crippen MR) is 96.3 cm³/mol. The number of esters is 1. The van der Waals surface area contributed by atoms with Gasteiger partial charge in [-0.15, -0.1) is 0 Å². The fraction of sp³-hybridized carbons (Fsp3) is 0.176. The molecule has 0 aliphatic heterocycles. The Kier molecular flexibility index (Phi) is 6.37. The lowest BCUT2D eigenvalue weighted by Crippen LogP contribution is -2.21. The summed E-state index contributed by atoms with van der Waals surface area (Å²) in [6, 6.07) is 9.83. The number of primary sulfonamides is 1. The Hall–Kier alpha value is -3.11. The zero-order chi connectivity index (χ0) is 20.0. The summed E-state index contributed by atoms with van der Waals surface area (Å²) in [4.78, 5) is 24.0. The molecule has 3 N–H and O–H groups in total. The van der Waals surface area contributed by atoms with Crippen LogP contribution < -0.4 is 19.9 Å². The number of ether oxygens (including phenoxy) is 3. The van der Waals surface area contributed by atoms with Gasteiger partial charge in [0.2, 0.25) is 10.0 Å². The van der Waals surface area contributed by atoms with Crippen molar-refractivity contribution in [1.82, 2.24) is 0 Å². The second-order valence-electron chi connectivity index (χ2n) is 5.26. The van der Waals surface area contributed by atoms with E-state index in [2.05, 4.69) is 5.32 Å². The fourth-order valence-corrected chi connectivity index (χ4v) is 2.62. The molecule has 10 heteroatoms. The number of carbonyl (C=O) groups is 2. The summed E-state index contributed by atoms with van der Waals surface area (Å²) in [5, 5.41) is 7.47. The second kappa shape index (κ2) is 8.52. The van der Waals surface area contributed by atoms with Crippen LogP contribution >= 0.6 is 0 Å². The van der Waals surface area contributed by atoms with Gasteiger partial charge in [-0.05, 0) is 42.5 Å². The Morgan fingerprint density at radius 1 is 1.04 bits per heavy atom. The van der Waals surface area contributed by atoms with Crippen LogP contribution in [0.3, 0.4) is 0 Å². The van der Waals surface area contributed by atoms with Gasteiger partial charge in [-0.25, -0.2) is 18.4 Å². The minimum atomic E-state index is -3.82. The van der Waals surface area contributed by atoms with Crippen LogP contribution in [-0.4, -0.2) is 41.1 Å². The van der Waals surface area contributed by atoms with Gasteiger partial charge in [0.05, 0.1) is 19.1 Å². The predicted octanol–water partition coefficient (Wildman–Crippen LogP) is 1.15. The lowest BCUT2D eigenvalue weighted by Gasteiger charge is -2.10. The summed E-state index contributed by atoms with van der Waals surface area (Å²) in [5.41, 5.74) is 0.435. The van der Waals surface area contributed by atoms with Gasteiger partial charge in [-0.2, -0.15) is 0 Å². The number of methoxy groups -OCH3 is 2. The molecule has 0 saturated heterocycles. The van der Waals surface area contributed by atoms with Crippen molar-refractivity contribution in [3.05, 3.63) is 48.0 Å². The smallest absolute Gasteiger partial charge is 0.342 e.